The number of aryl methyl sites for hydroxylation is 1. The second-order valence-corrected chi connectivity index (χ2v) is 6.86. The van der Waals surface area contributed by atoms with Gasteiger partial charge in [-0.25, -0.2) is 4.98 Å². The molecule has 4 heteroatoms. The number of piperidine rings is 1. The van der Waals surface area contributed by atoms with Gasteiger partial charge in [-0.3, -0.25) is 4.90 Å². The average Bonchev–Trinajstić information content (AvgIpc) is 2.88. The lowest BCUT2D eigenvalue weighted by atomic mass is 10.0. The third-order valence-electron chi connectivity index (χ3n) is 3.91. The van der Waals surface area contributed by atoms with Crippen LogP contribution in [0, 0.1) is 0 Å². The predicted molar refractivity (Wildman–Crippen MR) is 82.8 cm³/mol. The van der Waals surface area contributed by atoms with E-state index in [0.717, 1.165) is 13.0 Å². The van der Waals surface area contributed by atoms with Gasteiger partial charge in [0.2, 0.25) is 0 Å². The van der Waals surface area contributed by atoms with Crippen LogP contribution in [0.15, 0.2) is 6.20 Å². The molecule has 19 heavy (non-hydrogen) atoms. The van der Waals surface area contributed by atoms with Crippen LogP contribution in [0.3, 0.4) is 0 Å². The fraction of sp³-hybridized carbons (Fsp3) is 0.800. The van der Waals surface area contributed by atoms with Crippen molar-refractivity contribution in [2.45, 2.75) is 58.0 Å². The monoisotopic (exact) mass is 281 g/mol. The Labute approximate surface area is 121 Å². The van der Waals surface area contributed by atoms with Crippen LogP contribution in [0.5, 0.6) is 0 Å². The van der Waals surface area contributed by atoms with Gasteiger partial charge in [-0.2, -0.15) is 0 Å². The van der Waals surface area contributed by atoms with Gasteiger partial charge in [0.05, 0.1) is 6.04 Å². The summed E-state index contributed by atoms with van der Waals surface area (Å²) in [5.74, 6) is 0. The molecule has 0 amide bonds. The topological polar surface area (TPSA) is 28.2 Å². The molecule has 108 valence electrons. The smallest absolute Gasteiger partial charge is 0.110 e. The molecule has 3 nitrogen and oxygen atoms in total. The van der Waals surface area contributed by atoms with Crippen molar-refractivity contribution in [2.24, 2.45) is 0 Å². The maximum Gasteiger partial charge on any atom is 0.110 e. The summed E-state index contributed by atoms with van der Waals surface area (Å²) in [4.78, 5) is 8.78. The molecule has 1 fully saturated rings. The number of nitrogens with zero attached hydrogens (tertiary/aromatic N) is 2. The Balaban J connectivity index is 1.99. The van der Waals surface area contributed by atoms with Crippen LogP contribution in [-0.2, 0) is 6.42 Å². The SMILES string of the molecule is CNCCCc1cnc(C2CCCCN2C(C)C)s1. The second kappa shape index (κ2) is 7.36. The van der Waals surface area contributed by atoms with Gasteiger partial charge in [0.15, 0.2) is 0 Å². The molecule has 0 spiro atoms. The van der Waals surface area contributed by atoms with Crippen LogP contribution >= 0.6 is 11.3 Å². The molecular formula is C15H27N3S. The number of likely N-dealkylation sites (tertiary alicyclic amines) is 1. The molecule has 0 aromatic carbocycles. The number of hydrogen-bond acceptors (Lipinski definition) is 4. The zero-order chi connectivity index (χ0) is 13.7. The van der Waals surface area contributed by atoms with Crippen molar-refractivity contribution in [3.05, 3.63) is 16.1 Å². The zero-order valence-corrected chi connectivity index (χ0v) is 13.3. The summed E-state index contributed by atoms with van der Waals surface area (Å²) in [6.45, 7) is 6.94. The molecule has 1 aromatic rings. The molecule has 1 N–H and O–H groups in total. The van der Waals surface area contributed by atoms with Crippen molar-refractivity contribution in [3.63, 3.8) is 0 Å². The minimum absolute atomic E-state index is 0.566. The second-order valence-electron chi connectivity index (χ2n) is 5.72. The molecule has 0 bridgehead atoms. The largest absolute Gasteiger partial charge is 0.320 e. The highest BCUT2D eigenvalue weighted by Gasteiger charge is 2.27. The third kappa shape index (κ3) is 4.01. The minimum atomic E-state index is 0.566. The zero-order valence-electron chi connectivity index (χ0n) is 12.5. The Morgan fingerprint density at radius 2 is 2.32 bits per heavy atom. The van der Waals surface area contributed by atoms with Crippen LogP contribution < -0.4 is 5.32 Å². The minimum Gasteiger partial charge on any atom is -0.320 e. The summed E-state index contributed by atoms with van der Waals surface area (Å²) in [6, 6.07) is 1.19. The van der Waals surface area contributed by atoms with E-state index in [9.17, 15) is 0 Å². The van der Waals surface area contributed by atoms with Gasteiger partial charge in [-0.1, -0.05) is 6.42 Å². The van der Waals surface area contributed by atoms with E-state index in [4.69, 9.17) is 4.98 Å². The molecule has 0 aliphatic carbocycles. The number of rotatable bonds is 6. The molecule has 2 heterocycles. The van der Waals surface area contributed by atoms with Crippen molar-refractivity contribution in [1.29, 1.82) is 0 Å². The fourth-order valence-corrected chi connectivity index (χ4v) is 3.98. The summed E-state index contributed by atoms with van der Waals surface area (Å²) in [7, 11) is 2.01. The van der Waals surface area contributed by atoms with E-state index in [0.29, 0.717) is 12.1 Å². The van der Waals surface area contributed by atoms with E-state index in [2.05, 4.69) is 30.3 Å². The highest BCUT2D eigenvalue weighted by molar-refractivity contribution is 7.11. The van der Waals surface area contributed by atoms with Gasteiger partial charge >= 0.3 is 0 Å². The molecule has 1 aliphatic heterocycles. The van der Waals surface area contributed by atoms with E-state index in [1.54, 1.807) is 0 Å². The molecule has 1 aromatic heterocycles. The lowest BCUT2D eigenvalue weighted by Crippen LogP contribution is -2.38. The summed E-state index contributed by atoms with van der Waals surface area (Å²) in [6.07, 6.45) is 8.44. The highest BCUT2D eigenvalue weighted by atomic mass is 32.1. The van der Waals surface area contributed by atoms with Crippen LogP contribution in [0.4, 0.5) is 0 Å². The molecule has 0 saturated carbocycles. The summed E-state index contributed by atoms with van der Waals surface area (Å²) in [5.41, 5.74) is 0. The molecular weight excluding hydrogens is 254 g/mol. The van der Waals surface area contributed by atoms with Crippen LogP contribution in [0.1, 0.15) is 55.5 Å². The molecule has 2 rings (SSSR count). The maximum absolute atomic E-state index is 4.71. The fourth-order valence-electron chi connectivity index (χ4n) is 2.87. The number of nitrogens with one attached hydrogen (secondary N) is 1. The van der Waals surface area contributed by atoms with Crippen molar-refractivity contribution in [3.8, 4) is 0 Å². The molecule has 1 unspecified atom stereocenters. The first-order valence-corrected chi connectivity index (χ1v) is 8.39. The van der Waals surface area contributed by atoms with Crippen molar-refractivity contribution < 1.29 is 0 Å². The first-order chi connectivity index (χ1) is 9.22. The summed E-state index contributed by atoms with van der Waals surface area (Å²) >= 11 is 1.93. The van der Waals surface area contributed by atoms with Gasteiger partial charge in [-0.15, -0.1) is 11.3 Å². The lowest BCUT2D eigenvalue weighted by Gasteiger charge is -2.37. The Morgan fingerprint density at radius 1 is 1.47 bits per heavy atom. The third-order valence-corrected chi connectivity index (χ3v) is 5.07. The molecule has 1 aliphatic rings. The number of aromatic nitrogens is 1. The van der Waals surface area contributed by atoms with E-state index in [1.807, 2.05) is 18.4 Å². The highest BCUT2D eigenvalue weighted by Crippen LogP contribution is 2.34. The predicted octanol–water partition coefficient (Wildman–Crippen LogP) is 3.23. The van der Waals surface area contributed by atoms with Crippen molar-refractivity contribution in [1.82, 2.24) is 15.2 Å². The van der Waals surface area contributed by atoms with Gasteiger partial charge < -0.3 is 5.32 Å². The van der Waals surface area contributed by atoms with E-state index >= 15 is 0 Å². The van der Waals surface area contributed by atoms with E-state index < -0.39 is 0 Å². The molecule has 0 radical (unpaired) electrons. The van der Waals surface area contributed by atoms with Gasteiger partial charge in [0.1, 0.15) is 5.01 Å². The van der Waals surface area contributed by atoms with E-state index in [1.165, 1.54) is 42.1 Å². The maximum atomic E-state index is 4.71. The first kappa shape index (κ1) is 14.9. The first-order valence-electron chi connectivity index (χ1n) is 7.57. The van der Waals surface area contributed by atoms with Crippen molar-refractivity contribution >= 4 is 11.3 Å². The number of hydrogen-bond donors (Lipinski definition) is 1. The van der Waals surface area contributed by atoms with Crippen LogP contribution in [0.2, 0.25) is 0 Å². The Bertz CT molecular complexity index is 375. The Kier molecular flexibility index (Phi) is 5.79. The van der Waals surface area contributed by atoms with Gasteiger partial charge in [-0.05, 0) is 59.7 Å². The molecule has 1 atom stereocenters. The lowest BCUT2D eigenvalue weighted by molar-refractivity contribution is 0.112. The summed E-state index contributed by atoms with van der Waals surface area (Å²) < 4.78 is 0. The molecule has 1 saturated heterocycles. The normalized spacial score (nSPS) is 21.2. The van der Waals surface area contributed by atoms with Gasteiger partial charge in [0.25, 0.3) is 0 Å². The van der Waals surface area contributed by atoms with Crippen LogP contribution in [0.25, 0.3) is 0 Å². The summed E-state index contributed by atoms with van der Waals surface area (Å²) in [5, 5.41) is 4.55. The standard InChI is InChI=1S/C15H27N3S/c1-12(2)18-10-5-4-8-14(18)15-17-11-13(19-15)7-6-9-16-3/h11-12,14,16H,4-10H2,1-3H3. The Hall–Kier alpha value is -0.450. The van der Waals surface area contributed by atoms with Crippen LogP contribution in [-0.4, -0.2) is 36.1 Å². The number of thiazole rings is 1. The average molecular weight is 281 g/mol. The Morgan fingerprint density at radius 3 is 3.05 bits per heavy atom. The quantitative estimate of drug-likeness (QED) is 0.811. The van der Waals surface area contributed by atoms with Crippen molar-refractivity contribution in [2.75, 3.05) is 20.1 Å². The van der Waals surface area contributed by atoms with E-state index in [-0.39, 0.29) is 0 Å². The van der Waals surface area contributed by atoms with Gasteiger partial charge in [0, 0.05) is 17.1 Å².